The lowest BCUT2D eigenvalue weighted by molar-refractivity contribution is -0.151. The van der Waals surface area contributed by atoms with Gasteiger partial charge in [-0.1, -0.05) is 30.3 Å². The van der Waals surface area contributed by atoms with Gasteiger partial charge in [-0.15, -0.1) is 0 Å². The number of carbonyl (C=O) groups excluding carboxylic acids is 2. The molecule has 2 heterocycles. The molecule has 31 heavy (non-hydrogen) atoms. The fourth-order valence-corrected chi connectivity index (χ4v) is 4.47. The summed E-state index contributed by atoms with van der Waals surface area (Å²) in [5, 5.41) is 1.02. The molecule has 0 radical (unpaired) electrons. The van der Waals surface area contributed by atoms with Crippen molar-refractivity contribution in [3.8, 4) is 0 Å². The zero-order valence-corrected chi connectivity index (χ0v) is 17.6. The van der Waals surface area contributed by atoms with Crippen LogP contribution in [0, 0.1) is 11.7 Å². The number of likely N-dealkylation sites (tertiary alicyclic amines) is 1. The minimum Gasteiger partial charge on any atom is -0.466 e. The number of hydrogen-bond donors (Lipinski definition) is 1. The van der Waals surface area contributed by atoms with E-state index in [1.54, 1.807) is 17.9 Å². The van der Waals surface area contributed by atoms with Crippen molar-refractivity contribution >= 4 is 22.8 Å². The first-order valence-electron chi connectivity index (χ1n) is 10.8. The maximum Gasteiger partial charge on any atom is 0.310 e. The van der Waals surface area contributed by atoms with E-state index in [2.05, 4.69) is 4.98 Å². The molecule has 1 amide bonds. The van der Waals surface area contributed by atoms with Gasteiger partial charge < -0.3 is 14.6 Å². The molecule has 6 heteroatoms. The number of ether oxygens (including phenoxy) is 1. The van der Waals surface area contributed by atoms with Crippen LogP contribution in [-0.2, 0) is 14.3 Å². The summed E-state index contributed by atoms with van der Waals surface area (Å²) in [5.74, 6) is -1.16. The minimum absolute atomic E-state index is 0.0338. The molecule has 0 bridgehead atoms. The van der Waals surface area contributed by atoms with Crippen molar-refractivity contribution in [1.82, 2.24) is 9.88 Å². The molecule has 1 aromatic heterocycles. The molecule has 4 rings (SSSR count). The summed E-state index contributed by atoms with van der Waals surface area (Å²) in [7, 11) is 0. The number of H-pyrrole nitrogens is 1. The van der Waals surface area contributed by atoms with Gasteiger partial charge in [0, 0.05) is 42.5 Å². The Balaban J connectivity index is 1.61. The summed E-state index contributed by atoms with van der Waals surface area (Å²) >= 11 is 0. The molecule has 3 aromatic rings. The number of benzene rings is 2. The van der Waals surface area contributed by atoms with E-state index < -0.39 is 0 Å². The average Bonchev–Trinajstić information content (AvgIpc) is 3.21. The average molecular weight is 423 g/mol. The lowest BCUT2D eigenvalue weighted by atomic mass is 9.87. The molecule has 1 aliphatic heterocycles. The van der Waals surface area contributed by atoms with E-state index in [1.165, 1.54) is 12.1 Å². The highest BCUT2D eigenvalue weighted by molar-refractivity contribution is 5.86. The van der Waals surface area contributed by atoms with Crippen LogP contribution in [0.2, 0.25) is 0 Å². The van der Waals surface area contributed by atoms with Gasteiger partial charge in [0.15, 0.2) is 0 Å². The summed E-state index contributed by atoms with van der Waals surface area (Å²) in [4.78, 5) is 30.5. The van der Waals surface area contributed by atoms with Crippen LogP contribution >= 0.6 is 0 Å². The molecular weight excluding hydrogens is 395 g/mol. The van der Waals surface area contributed by atoms with Crippen LogP contribution in [0.1, 0.15) is 43.2 Å². The number of esters is 1. The number of piperidine rings is 1. The van der Waals surface area contributed by atoms with Crippen molar-refractivity contribution in [3.05, 3.63) is 71.7 Å². The Labute approximate surface area is 181 Å². The van der Waals surface area contributed by atoms with Crippen LogP contribution in [0.3, 0.4) is 0 Å². The molecule has 0 saturated carbocycles. The fraction of sp³-hybridized carbons (Fsp3) is 0.360. The Bertz CT molecular complexity index is 1080. The summed E-state index contributed by atoms with van der Waals surface area (Å²) in [6, 6.07) is 14.3. The van der Waals surface area contributed by atoms with Crippen molar-refractivity contribution in [1.29, 1.82) is 0 Å². The predicted octanol–water partition coefficient (Wildman–Crippen LogP) is 4.63. The van der Waals surface area contributed by atoms with E-state index in [9.17, 15) is 14.0 Å². The number of hydrogen-bond acceptors (Lipinski definition) is 3. The van der Waals surface area contributed by atoms with Gasteiger partial charge in [0.1, 0.15) is 5.82 Å². The summed E-state index contributed by atoms with van der Waals surface area (Å²) < 4.78 is 19.2. The van der Waals surface area contributed by atoms with Gasteiger partial charge in [-0.2, -0.15) is 0 Å². The molecule has 0 spiro atoms. The van der Waals surface area contributed by atoms with Gasteiger partial charge >= 0.3 is 5.97 Å². The lowest BCUT2D eigenvalue weighted by Gasteiger charge is -2.32. The maximum atomic E-state index is 14.0. The first-order valence-corrected chi connectivity index (χ1v) is 10.8. The molecule has 5 nitrogen and oxygen atoms in total. The van der Waals surface area contributed by atoms with Crippen molar-refractivity contribution < 1.29 is 18.7 Å². The van der Waals surface area contributed by atoms with Gasteiger partial charge in [0.25, 0.3) is 0 Å². The highest BCUT2D eigenvalue weighted by Gasteiger charge is 2.31. The Morgan fingerprint density at radius 3 is 2.87 bits per heavy atom. The number of nitrogens with zero attached hydrogens (tertiary/aromatic N) is 1. The second-order valence-corrected chi connectivity index (χ2v) is 8.03. The normalized spacial score (nSPS) is 17.5. The van der Waals surface area contributed by atoms with Crippen molar-refractivity contribution in [2.45, 2.75) is 32.1 Å². The second kappa shape index (κ2) is 9.33. The molecule has 1 N–H and O–H groups in total. The lowest BCUT2D eigenvalue weighted by Crippen LogP contribution is -2.43. The number of amides is 1. The van der Waals surface area contributed by atoms with Crippen molar-refractivity contribution in [2.24, 2.45) is 5.92 Å². The van der Waals surface area contributed by atoms with Gasteiger partial charge in [-0.25, -0.2) is 4.39 Å². The van der Waals surface area contributed by atoms with Crippen LogP contribution in [-0.4, -0.2) is 41.5 Å². The Hall–Kier alpha value is -3.15. The van der Waals surface area contributed by atoms with Crippen LogP contribution in [0.4, 0.5) is 4.39 Å². The largest absolute Gasteiger partial charge is 0.466 e. The number of halogens is 1. The summed E-state index contributed by atoms with van der Waals surface area (Å²) in [5.41, 5.74) is 2.71. The number of para-hydroxylation sites is 1. The number of carbonyl (C=O) groups is 2. The van der Waals surface area contributed by atoms with Crippen LogP contribution in [0.25, 0.3) is 10.9 Å². The van der Waals surface area contributed by atoms with Crippen molar-refractivity contribution in [3.63, 3.8) is 0 Å². The number of fused-ring (bicyclic) bond motifs is 1. The molecule has 0 aliphatic carbocycles. The quantitative estimate of drug-likeness (QED) is 0.589. The first kappa shape index (κ1) is 21.1. The molecular formula is C25H27FN2O3. The monoisotopic (exact) mass is 422 g/mol. The van der Waals surface area contributed by atoms with Crippen LogP contribution in [0.5, 0.6) is 0 Å². The SMILES string of the molecule is CCOC(=O)[C@H]1CCCN(C(=O)C[C@@H](c2cccc(F)c2)c2c[nH]c3ccccc23)C1. The van der Waals surface area contributed by atoms with Crippen LogP contribution in [0.15, 0.2) is 54.7 Å². The number of rotatable bonds is 6. The topological polar surface area (TPSA) is 62.4 Å². The highest BCUT2D eigenvalue weighted by atomic mass is 19.1. The fourth-order valence-electron chi connectivity index (χ4n) is 4.47. The van der Waals surface area contributed by atoms with E-state index in [-0.39, 0.29) is 36.0 Å². The van der Waals surface area contributed by atoms with E-state index >= 15 is 0 Å². The smallest absolute Gasteiger partial charge is 0.310 e. The zero-order chi connectivity index (χ0) is 21.8. The molecule has 2 aromatic carbocycles. The Morgan fingerprint density at radius 1 is 1.23 bits per heavy atom. The van der Waals surface area contributed by atoms with Crippen LogP contribution < -0.4 is 0 Å². The second-order valence-electron chi connectivity index (χ2n) is 8.03. The third-order valence-electron chi connectivity index (χ3n) is 6.02. The van der Waals surface area contributed by atoms with E-state index in [0.717, 1.165) is 34.9 Å². The number of aromatic nitrogens is 1. The third kappa shape index (κ3) is 4.63. The molecule has 162 valence electrons. The zero-order valence-electron chi connectivity index (χ0n) is 17.6. The Morgan fingerprint density at radius 2 is 2.06 bits per heavy atom. The molecule has 1 saturated heterocycles. The Kier molecular flexibility index (Phi) is 6.35. The van der Waals surface area contributed by atoms with Gasteiger partial charge in [0.05, 0.1) is 12.5 Å². The number of aromatic amines is 1. The van der Waals surface area contributed by atoms with Gasteiger partial charge in [-0.3, -0.25) is 9.59 Å². The molecule has 1 fully saturated rings. The molecule has 2 atom stereocenters. The number of nitrogens with one attached hydrogen (secondary N) is 1. The van der Waals surface area contributed by atoms with E-state index in [0.29, 0.717) is 19.7 Å². The van der Waals surface area contributed by atoms with E-state index in [1.807, 2.05) is 36.5 Å². The predicted molar refractivity (Wildman–Crippen MR) is 117 cm³/mol. The highest BCUT2D eigenvalue weighted by Crippen LogP contribution is 2.34. The first-order chi connectivity index (χ1) is 15.1. The third-order valence-corrected chi connectivity index (χ3v) is 6.02. The molecule has 0 unspecified atom stereocenters. The molecule has 1 aliphatic rings. The maximum absolute atomic E-state index is 14.0. The summed E-state index contributed by atoms with van der Waals surface area (Å²) in [6.45, 7) is 3.12. The van der Waals surface area contributed by atoms with E-state index in [4.69, 9.17) is 4.74 Å². The standard InChI is InChI=1S/C25H27FN2O3/c1-2-31-25(30)18-8-6-12-28(16-18)24(29)14-21(17-7-5-9-19(26)13-17)22-15-27-23-11-4-3-10-20(22)23/h3-5,7,9-11,13,15,18,21,27H,2,6,8,12,14,16H2,1H3/t18-,21-/m0/s1. The summed E-state index contributed by atoms with van der Waals surface area (Å²) in [6.07, 6.45) is 3.62. The van der Waals surface area contributed by atoms with Gasteiger partial charge in [-0.05, 0) is 49.1 Å². The minimum atomic E-state index is -0.324. The van der Waals surface area contributed by atoms with Crippen molar-refractivity contribution in [2.75, 3.05) is 19.7 Å². The van der Waals surface area contributed by atoms with Gasteiger partial charge in [0.2, 0.25) is 5.91 Å².